The third-order valence-corrected chi connectivity index (χ3v) is 4.41. The first-order chi connectivity index (χ1) is 8.77. The second kappa shape index (κ2) is 6.53. The average molecular weight is 254 g/mol. The van der Waals surface area contributed by atoms with Gasteiger partial charge in [0.25, 0.3) is 0 Å². The second-order valence-electron chi connectivity index (χ2n) is 5.46. The van der Waals surface area contributed by atoms with Crippen LogP contribution in [0.25, 0.3) is 0 Å². The molecule has 2 rings (SSSR count). The molecule has 1 N–H and O–H groups in total. The molecule has 0 aromatic carbocycles. The molecule has 2 aliphatic rings. The summed E-state index contributed by atoms with van der Waals surface area (Å²) in [5, 5.41) is 3.20. The average Bonchev–Trinajstić information content (AvgIpc) is 2.89. The van der Waals surface area contributed by atoms with Crippen LogP contribution in [0, 0.1) is 5.92 Å². The zero-order valence-corrected chi connectivity index (χ0v) is 11.7. The Morgan fingerprint density at radius 1 is 1.28 bits per heavy atom. The van der Waals surface area contributed by atoms with E-state index in [1.54, 1.807) is 0 Å². The molecular weight excluding hydrogens is 228 g/mol. The van der Waals surface area contributed by atoms with Crippen LogP contribution in [0.4, 0.5) is 0 Å². The Morgan fingerprint density at radius 3 is 2.61 bits per heavy atom. The van der Waals surface area contributed by atoms with E-state index in [9.17, 15) is 4.79 Å². The molecule has 104 valence electrons. The number of amides is 1. The van der Waals surface area contributed by atoms with Crippen LogP contribution in [0.3, 0.4) is 0 Å². The monoisotopic (exact) mass is 254 g/mol. The lowest BCUT2D eigenvalue weighted by molar-refractivity contribution is -0.138. The Kier molecular flexibility index (Phi) is 5.01. The molecule has 1 aliphatic carbocycles. The number of carbonyl (C=O) groups excluding carboxylic acids is 1. The highest BCUT2D eigenvalue weighted by atomic mass is 16.5. The fourth-order valence-electron chi connectivity index (χ4n) is 3.28. The highest BCUT2D eigenvalue weighted by Crippen LogP contribution is 2.25. The minimum Gasteiger partial charge on any atom is -0.379 e. The van der Waals surface area contributed by atoms with E-state index in [0.717, 1.165) is 6.54 Å². The van der Waals surface area contributed by atoms with Gasteiger partial charge in [-0.15, -0.1) is 0 Å². The summed E-state index contributed by atoms with van der Waals surface area (Å²) in [7, 11) is 1.91. The van der Waals surface area contributed by atoms with E-state index in [1.807, 2.05) is 7.05 Å². The SMILES string of the molecule is CCN(C(=O)C1COCC1NC)C1CCCCC1. The van der Waals surface area contributed by atoms with Gasteiger partial charge in [0.2, 0.25) is 5.91 Å². The van der Waals surface area contributed by atoms with Gasteiger partial charge in [0.1, 0.15) is 0 Å². The first kappa shape index (κ1) is 13.8. The first-order valence-corrected chi connectivity index (χ1v) is 7.33. The molecular formula is C14H26N2O2. The Bertz CT molecular complexity index is 277. The van der Waals surface area contributed by atoms with E-state index >= 15 is 0 Å². The third-order valence-electron chi connectivity index (χ3n) is 4.41. The van der Waals surface area contributed by atoms with Crippen LogP contribution in [0.15, 0.2) is 0 Å². The molecule has 0 aromatic rings. The van der Waals surface area contributed by atoms with Gasteiger partial charge in [-0.1, -0.05) is 19.3 Å². The zero-order valence-electron chi connectivity index (χ0n) is 11.7. The van der Waals surface area contributed by atoms with Crippen molar-refractivity contribution < 1.29 is 9.53 Å². The van der Waals surface area contributed by atoms with Gasteiger partial charge in [-0.05, 0) is 26.8 Å². The highest BCUT2D eigenvalue weighted by molar-refractivity contribution is 5.80. The molecule has 2 atom stereocenters. The number of likely N-dealkylation sites (N-methyl/N-ethyl adjacent to an activating group) is 1. The summed E-state index contributed by atoms with van der Waals surface area (Å²) >= 11 is 0. The summed E-state index contributed by atoms with van der Waals surface area (Å²) in [6, 6.07) is 0.657. The lowest BCUT2D eigenvalue weighted by Crippen LogP contribution is -2.49. The summed E-state index contributed by atoms with van der Waals surface area (Å²) in [4.78, 5) is 14.8. The van der Waals surface area contributed by atoms with Crippen LogP contribution >= 0.6 is 0 Å². The summed E-state index contributed by atoms with van der Waals surface area (Å²) in [6.45, 7) is 4.16. The number of rotatable bonds is 4. The molecule has 4 heteroatoms. The minimum atomic E-state index is 0.0110. The Labute approximate surface area is 110 Å². The first-order valence-electron chi connectivity index (χ1n) is 7.33. The molecule has 1 heterocycles. The van der Waals surface area contributed by atoms with Gasteiger partial charge in [0.15, 0.2) is 0 Å². The van der Waals surface area contributed by atoms with Crippen LogP contribution in [0.1, 0.15) is 39.0 Å². The second-order valence-corrected chi connectivity index (χ2v) is 5.46. The van der Waals surface area contributed by atoms with Gasteiger partial charge in [-0.3, -0.25) is 4.79 Å². The Balaban J connectivity index is 1.99. The van der Waals surface area contributed by atoms with Crippen LogP contribution in [-0.4, -0.2) is 49.7 Å². The molecule has 4 nitrogen and oxygen atoms in total. The van der Waals surface area contributed by atoms with E-state index in [0.29, 0.717) is 25.2 Å². The van der Waals surface area contributed by atoms with E-state index in [-0.39, 0.29) is 12.0 Å². The van der Waals surface area contributed by atoms with E-state index < -0.39 is 0 Å². The van der Waals surface area contributed by atoms with Crippen molar-refractivity contribution in [3.8, 4) is 0 Å². The normalized spacial score (nSPS) is 29.4. The Morgan fingerprint density at radius 2 is 2.00 bits per heavy atom. The van der Waals surface area contributed by atoms with Crippen LogP contribution in [0.2, 0.25) is 0 Å². The molecule has 1 saturated carbocycles. The summed E-state index contributed by atoms with van der Waals surface area (Å²) < 4.78 is 5.45. The van der Waals surface area contributed by atoms with Crippen LogP contribution in [-0.2, 0) is 9.53 Å². The molecule has 18 heavy (non-hydrogen) atoms. The quantitative estimate of drug-likeness (QED) is 0.824. The molecule has 2 unspecified atom stereocenters. The number of hydrogen-bond donors (Lipinski definition) is 1. The number of nitrogens with zero attached hydrogens (tertiary/aromatic N) is 1. The fourth-order valence-corrected chi connectivity index (χ4v) is 3.28. The van der Waals surface area contributed by atoms with Crippen molar-refractivity contribution in [1.82, 2.24) is 10.2 Å². The molecule has 1 amide bonds. The standard InChI is InChI=1S/C14H26N2O2/c1-3-16(11-7-5-4-6-8-11)14(17)12-9-18-10-13(12)15-2/h11-13,15H,3-10H2,1-2H3. The van der Waals surface area contributed by atoms with Gasteiger partial charge in [0, 0.05) is 18.6 Å². The van der Waals surface area contributed by atoms with Crippen molar-refractivity contribution in [1.29, 1.82) is 0 Å². The minimum absolute atomic E-state index is 0.0110. The van der Waals surface area contributed by atoms with Crippen LogP contribution in [0.5, 0.6) is 0 Å². The Hall–Kier alpha value is -0.610. The zero-order chi connectivity index (χ0) is 13.0. The van der Waals surface area contributed by atoms with Crippen molar-refractivity contribution in [2.75, 3.05) is 26.8 Å². The lowest BCUT2D eigenvalue weighted by atomic mass is 9.92. The van der Waals surface area contributed by atoms with Crippen molar-refractivity contribution in [2.24, 2.45) is 5.92 Å². The van der Waals surface area contributed by atoms with E-state index in [2.05, 4.69) is 17.1 Å². The van der Waals surface area contributed by atoms with Crippen molar-refractivity contribution in [3.05, 3.63) is 0 Å². The van der Waals surface area contributed by atoms with Crippen LogP contribution < -0.4 is 5.32 Å². The number of ether oxygens (including phenoxy) is 1. The maximum absolute atomic E-state index is 12.7. The predicted octanol–water partition coefficient (Wildman–Crippen LogP) is 1.40. The molecule has 1 aliphatic heterocycles. The highest BCUT2D eigenvalue weighted by Gasteiger charge is 2.37. The molecule has 0 bridgehead atoms. The maximum atomic E-state index is 12.7. The molecule has 0 spiro atoms. The fraction of sp³-hybridized carbons (Fsp3) is 0.929. The summed E-state index contributed by atoms with van der Waals surface area (Å²) in [5.74, 6) is 0.304. The summed E-state index contributed by atoms with van der Waals surface area (Å²) in [5.41, 5.74) is 0. The predicted molar refractivity (Wildman–Crippen MR) is 71.4 cm³/mol. The summed E-state index contributed by atoms with van der Waals surface area (Å²) in [6.07, 6.45) is 6.22. The maximum Gasteiger partial charge on any atom is 0.229 e. The smallest absolute Gasteiger partial charge is 0.229 e. The van der Waals surface area contributed by atoms with Crippen molar-refractivity contribution in [2.45, 2.75) is 51.1 Å². The number of hydrogen-bond acceptors (Lipinski definition) is 3. The third kappa shape index (κ3) is 2.86. The van der Waals surface area contributed by atoms with Gasteiger partial charge < -0.3 is 15.0 Å². The van der Waals surface area contributed by atoms with E-state index in [1.165, 1.54) is 32.1 Å². The topological polar surface area (TPSA) is 41.6 Å². The number of carbonyl (C=O) groups is 1. The van der Waals surface area contributed by atoms with Crippen molar-refractivity contribution in [3.63, 3.8) is 0 Å². The largest absolute Gasteiger partial charge is 0.379 e. The molecule has 0 aromatic heterocycles. The molecule has 2 fully saturated rings. The van der Waals surface area contributed by atoms with Crippen molar-refractivity contribution >= 4 is 5.91 Å². The van der Waals surface area contributed by atoms with E-state index in [4.69, 9.17) is 4.74 Å². The van der Waals surface area contributed by atoms with Gasteiger partial charge >= 0.3 is 0 Å². The van der Waals surface area contributed by atoms with Gasteiger partial charge in [0.05, 0.1) is 19.1 Å². The van der Waals surface area contributed by atoms with Gasteiger partial charge in [-0.25, -0.2) is 0 Å². The molecule has 0 radical (unpaired) electrons. The lowest BCUT2D eigenvalue weighted by Gasteiger charge is -2.36. The number of nitrogens with one attached hydrogen (secondary N) is 1. The van der Waals surface area contributed by atoms with Gasteiger partial charge in [-0.2, -0.15) is 0 Å². The molecule has 1 saturated heterocycles.